The van der Waals surface area contributed by atoms with E-state index >= 15 is 0 Å². The number of nitrogens with zero attached hydrogens (tertiary/aromatic N) is 3. The fourth-order valence-electron chi connectivity index (χ4n) is 13.6. The lowest BCUT2D eigenvalue weighted by molar-refractivity contribution is -0.161. The minimum atomic E-state index is -0.599. The van der Waals surface area contributed by atoms with Gasteiger partial charge in [0, 0.05) is 42.7 Å². The molecule has 1 saturated heterocycles. The van der Waals surface area contributed by atoms with Crippen LogP contribution in [-0.4, -0.2) is 64.3 Å². The molecule has 5 aliphatic carbocycles. The minimum absolute atomic E-state index is 0.0242. The molecule has 1 aliphatic heterocycles. The highest BCUT2D eigenvalue weighted by Crippen LogP contribution is 2.76. The van der Waals surface area contributed by atoms with E-state index in [1.54, 1.807) is 5.57 Å². The van der Waals surface area contributed by atoms with E-state index in [-0.39, 0.29) is 44.8 Å². The summed E-state index contributed by atoms with van der Waals surface area (Å²) in [5.74, 6) is 2.34. The number of hydrogen-bond acceptors (Lipinski definition) is 6. The van der Waals surface area contributed by atoms with Crippen molar-refractivity contribution < 1.29 is 14.3 Å². The monoisotopic (exact) mass is 671 g/mol. The van der Waals surface area contributed by atoms with Crippen molar-refractivity contribution in [1.82, 2.24) is 20.0 Å². The second-order valence-electron chi connectivity index (χ2n) is 19.5. The summed E-state index contributed by atoms with van der Waals surface area (Å²) in [4.78, 5) is 17.9. The molecule has 0 bridgehead atoms. The largest absolute Gasteiger partial charge is 0.481 e. The van der Waals surface area contributed by atoms with E-state index in [0.717, 1.165) is 82.8 Å². The summed E-state index contributed by atoms with van der Waals surface area (Å²) >= 11 is 0. The Morgan fingerprint density at radius 2 is 1.78 bits per heavy atom. The molecule has 3 saturated carbocycles. The Morgan fingerprint density at radius 3 is 2.49 bits per heavy atom. The van der Waals surface area contributed by atoms with Gasteiger partial charge in [-0.2, -0.15) is 5.10 Å². The Kier molecular flexibility index (Phi) is 7.51. The first-order valence-corrected chi connectivity index (χ1v) is 19.3. The fraction of sp³-hybridized carbons (Fsp3) is 0.756. The Bertz CT molecular complexity index is 1680. The quantitative estimate of drug-likeness (QED) is 0.307. The standard InChI is InChI=1S/C41H61N5O3/c1-37(2)20-27-24(28(21-37)36(47)48)9-12-41(7)33(27)26(25-11-18-49-30(25)23-46-16-14-45(8)15-17-46)19-32-39(5)22-29-34(43-44-35(29)42)38(3,4)31(39)10-13-40(32,41)6/h11,18,24,27-28,31-32H,9-10,12-17,19-23H2,1-8H3,(H,47,48)(H3,42,43,44)/t24-,27-,28+,31-,32?,39-,40+,41+/m0/s1. The molecule has 8 atom stereocenters. The summed E-state index contributed by atoms with van der Waals surface area (Å²) < 4.78 is 6.46. The number of nitrogens with two attached hydrogens (primary N) is 1. The lowest BCUT2D eigenvalue weighted by Crippen LogP contribution is -2.64. The van der Waals surface area contributed by atoms with Crippen LogP contribution in [0.2, 0.25) is 0 Å². The van der Waals surface area contributed by atoms with Crippen molar-refractivity contribution in [2.45, 2.75) is 112 Å². The van der Waals surface area contributed by atoms with Crippen molar-refractivity contribution in [1.29, 1.82) is 0 Å². The molecule has 6 aliphatic rings. The average Bonchev–Trinajstić information content (AvgIpc) is 3.63. The highest BCUT2D eigenvalue weighted by Gasteiger charge is 2.69. The number of fused-ring (bicyclic) bond motifs is 8. The number of piperazine rings is 1. The Balaban J connectivity index is 1.31. The highest BCUT2D eigenvalue weighted by atomic mass is 16.4. The van der Waals surface area contributed by atoms with Crippen LogP contribution in [0.5, 0.6) is 0 Å². The number of allylic oxidation sites excluding steroid dienone is 2. The van der Waals surface area contributed by atoms with Gasteiger partial charge in [0.15, 0.2) is 0 Å². The van der Waals surface area contributed by atoms with E-state index < -0.39 is 5.97 Å². The number of likely N-dealkylation sites (N-methyl/N-ethyl adjacent to an activating group) is 1. The summed E-state index contributed by atoms with van der Waals surface area (Å²) in [6.07, 6.45) is 10.1. The van der Waals surface area contributed by atoms with Crippen molar-refractivity contribution in [3.63, 3.8) is 0 Å². The van der Waals surface area contributed by atoms with Crippen LogP contribution in [0, 0.1) is 51.2 Å². The number of H-pyrrole nitrogens is 1. The van der Waals surface area contributed by atoms with E-state index in [1.165, 1.54) is 35.2 Å². The molecule has 3 heterocycles. The molecule has 8 heteroatoms. The Hall–Kier alpha value is -2.58. The van der Waals surface area contributed by atoms with Crippen LogP contribution in [0.25, 0.3) is 5.57 Å². The molecular weight excluding hydrogens is 610 g/mol. The van der Waals surface area contributed by atoms with Crippen LogP contribution in [0.4, 0.5) is 5.82 Å². The lowest BCUT2D eigenvalue weighted by atomic mass is 9.33. The molecule has 4 fully saturated rings. The molecule has 1 unspecified atom stereocenters. The fourth-order valence-corrected chi connectivity index (χ4v) is 13.6. The van der Waals surface area contributed by atoms with Gasteiger partial charge in [-0.25, -0.2) is 0 Å². The molecule has 2 aromatic heterocycles. The predicted octanol–water partition coefficient (Wildman–Crippen LogP) is 7.62. The van der Waals surface area contributed by atoms with Gasteiger partial charge in [-0.1, -0.05) is 54.0 Å². The summed E-state index contributed by atoms with van der Waals surface area (Å²) in [5.41, 5.74) is 13.4. The van der Waals surface area contributed by atoms with Gasteiger partial charge in [0.05, 0.1) is 24.4 Å². The maximum Gasteiger partial charge on any atom is 0.306 e. The Labute approximate surface area is 293 Å². The number of carboxylic acid groups (broad SMARTS) is 1. The number of furan rings is 1. The molecule has 0 radical (unpaired) electrons. The van der Waals surface area contributed by atoms with Crippen LogP contribution in [-0.2, 0) is 23.2 Å². The number of aliphatic carboxylic acids is 1. The molecule has 2 aromatic rings. The number of rotatable bonds is 4. The number of nitrogens with one attached hydrogen (secondary N) is 1. The van der Waals surface area contributed by atoms with Gasteiger partial charge < -0.3 is 20.2 Å². The van der Waals surface area contributed by atoms with Crippen LogP contribution in [0.3, 0.4) is 0 Å². The van der Waals surface area contributed by atoms with Gasteiger partial charge in [0.25, 0.3) is 0 Å². The second kappa shape index (κ2) is 11.0. The van der Waals surface area contributed by atoms with E-state index in [1.807, 2.05) is 6.26 Å². The summed E-state index contributed by atoms with van der Waals surface area (Å²) in [7, 11) is 2.21. The lowest BCUT2D eigenvalue weighted by Gasteiger charge is -2.70. The molecule has 0 spiro atoms. The molecular formula is C41H61N5O3. The van der Waals surface area contributed by atoms with E-state index in [4.69, 9.17) is 15.2 Å². The maximum absolute atomic E-state index is 12.9. The minimum Gasteiger partial charge on any atom is -0.481 e. The van der Waals surface area contributed by atoms with E-state index in [0.29, 0.717) is 11.8 Å². The number of carbonyl (C=O) groups is 1. The number of aromatic amines is 1. The van der Waals surface area contributed by atoms with Gasteiger partial charge >= 0.3 is 5.97 Å². The van der Waals surface area contributed by atoms with Crippen molar-refractivity contribution in [2.75, 3.05) is 39.0 Å². The number of carboxylic acids is 1. The van der Waals surface area contributed by atoms with Crippen LogP contribution in [0.1, 0.15) is 116 Å². The van der Waals surface area contributed by atoms with Gasteiger partial charge in [-0.05, 0) is 115 Å². The van der Waals surface area contributed by atoms with Crippen molar-refractivity contribution in [2.24, 2.45) is 51.2 Å². The van der Waals surface area contributed by atoms with Gasteiger partial charge in [0.2, 0.25) is 0 Å². The van der Waals surface area contributed by atoms with E-state index in [9.17, 15) is 9.90 Å². The first-order valence-electron chi connectivity index (χ1n) is 19.3. The molecule has 8 nitrogen and oxygen atoms in total. The second-order valence-corrected chi connectivity index (χ2v) is 19.5. The smallest absolute Gasteiger partial charge is 0.306 e. The van der Waals surface area contributed by atoms with Crippen molar-refractivity contribution >= 4 is 17.4 Å². The molecule has 49 heavy (non-hydrogen) atoms. The van der Waals surface area contributed by atoms with E-state index in [2.05, 4.69) is 76.5 Å². The van der Waals surface area contributed by atoms with Crippen LogP contribution >= 0.6 is 0 Å². The first-order chi connectivity index (χ1) is 23.0. The van der Waals surface area contributed by atoms with Crippen LogP contribution in [0.15, 0.2) is 22.3 Å². The zero-order valence-electron chi connectivity index (χ0n) is 31.4. The maximum atomic E-state index is 12.9. The normalized spacial score (nSPS) is 40.1. The zero-order valence-corrected chi connectivity index (χ0v) is 31.4. The third kappa shape index (κ3) is 4.74. The first kappa shape index (κ1) is 33.6. The predicted molar refractivity (Wildman–Crippen MR) is 194 cm³/mol. The van der Waals surface area contributed by atoms with Gasteiger partial charge in [-0.15, -0.1) is 0 Å². The average molecular weight is 672 g/mol. The zero-order chi connectivity index (χ0) is 34.9. The molecule has 268 valence electrons. The van der Waals surface area contributed by atoms with Crippen LogP contribution < -0.4 is 5.73 Å². The molecule has 8 rings (SSSR count). The number of anilines is 1. The number of nitrogen functional groups attached to an aromatic ring is 1. The molecule has 0 aromatic carbocycles. The summed E-state index contributed by atoms with van der Waals surface area (Å²) in [6.45, 7) is 22.4. The number of aromatic nitrogens is 2. The van der Waals surface area contributed by atoms with Crippen molar-refractivity contribution in [3.8, 4) is 0 Å². The topological polar surface area (TPSA) is 112 Å². The van der Waals surface area contributed by atoms with Crippen molar-refractivity contribution in [3.05, 3.63) is 40.5 Å². The third-order valence-corrected chi connectivity index (χ3v) is 16.1. The molecule has 4 N–H and O–H groups in total. The summed E-state index contributed by atoms with van der Waals surface area (Å²) in [6, 6.07) is 2.27. The number of hydrogen-bond donors (Lipinski definition) is 3. The van der Waals surface area contributed by atoms with Gasteiger partial charge in [-0.3, -0.25) is 14.8 Å². The molecule has 0 amide bonds. The Morgan fingerprint density at radius 1 is 1.04 bits per heavy atom. The third-order valence-electron chi connectivity index (χ3n) is 16.1. The summed E-state index contributed by atoms with van der Waals surface area (Å²) in [5, 5.41) is 18.6. The SMILES string of the molecule is CN1CCN(Cc2occc2C2=C3[C@H]4CC(C)(C)C[C@@H](C(=O)O)[C@H]4CC[C@@]3(C)[C@]3(C)CC[C@H]4C(C)(C)c5n[nH]c(N)c5C[C@]4(C)C3C2)CC1. The highest BCUT2D eigenvalue weighted by molar-refractivity contribution is 5.75. The van der Waals surface area contributed by atoms with Gasteiger partial charge in [0.1, 0.15) is 11.6 Å².